The van der Waals surface area contributed by atoms with Crippen molar-refractivity contribution in [2.24, 2.45) is 0 Å². The van der Waals surface area contributed by atoms with Crippen molar-refractivity contribution in [1.29, 1.82) is 0 Å². The van der Waals surface area contributed by atoms with Crippen LogP contribution < -0.4 is 0 Å². The van der Waals surface area contributed by atoms with Gasteiger partial charge in [0.2, 0.25) is 5.91 Å². The molecule has 16 heavy (non-hydrogen) atoms. The van der Waals surface area contributed by atoms with E-state index in [1.807, 2.05) is 6.92 Å². The van der Waals surface area contributed by atoms with Gasteiger partial charge in [0.1, 0.15) is 0 Å². The van der Waals surface area contributed by atoms with Crippen molar-refractivity contribution in [3.05, 3.63) is 29.3 Å². The molecular formula is C13H19NOS. The predicted molar refractivity (Wildman–Crippen MR) is 69.9 cm³/mol. The first-order chi connectivity index (χ1) is 7.41. The fourth-order valence-electron chi connectivity index (χ4n) is 1.44. The van der Waals surface area contributed by atoms with E-state index in [0.29, 0.717) is 0 Å². The molecule has 0 saturated carbocycles. The smallest absolute Gasteiger partial charge is 0.235 e. The molecule has 1 atom stereocenters. The highest BCUT2D eigenvalue weighted by Crippen LogP contribution is 2.28. The quantitative estimate of drug-likeness (QED) is 0.753. The maximum atomic E-state index is 11.7. The summed E-state index contributed by atoms with van der Waals surface area (Å²) in [5.41, 5.74) is 2.46. The Kier molecular flexibility index (Phi) is 4.42. The topological polar surface area (TPSA) is 20.3 Å². The maximum absolute atomic E-state index is 11.7. The van der Waals surface area contributed by atoms with Crippen LogP contribution in [0.5, 0.6) is 0 Å². The van der Waals surface area contributed by atoms with Gasteiger partial charge in [0.15, 0.2) is 0 Å². The van der Waals surface area contributed by atoms with Gasteiger partial charge in [0.25, 0.3) is 0 Å². The van der Waals surface area contributed by atoms with Gasteiger partial charge in [0.05, 0.1) is 5.25 Å². The molecule has 1 rings (SSSR count). The lowest BCUT2D eigenvalue weighted by Gasteiger charge is -2.17. The Morgan fingerprint density at radius 1 is 1.31 bits per heavy atom. The van der Waals surface area contributed by atoms with Crippen molar-refractivity contribution in [2.45, 2.75) is 30.9 Å². The Hall–Kier alpha value is -0.960. The number of hydrogen-bond acceptors (Lipinski definition) is 2. The van der Waals surface area contributed by atoms with E-state index in [-0.39, 0.29) is 11.2 Å². The van der Waals surface area contributed by atoms with Gasteiger partial charge in [-0.15, -0.1) is 11.8 Å². The summed E-state index contributed by atoms with van der Waals surface area (Å²) < 4.78 is 0. The summed E-state index contributed by atoms with van der Waals surface area (Å²) >= 11 is 1.63. The van der Waals surface area contributed by atoms with Crippen molar-refractivity contribution < 1.29 is 4.79 Å². The number of carbonyl (C=O) groups is 1. The second kappa shape index (κ2) is 5.39. The largest absolute Gasteiger partial charge is 0.348 e. The standard InChI is InChI=1S/C13H19NOS/c1-9-6-7-10(2)12(8-9)16-11(3)13(15)14(4)5/h6-8,11H,1-5H3. The Labute approximate surface area is 102 Å². The fourth-order valence-corrected chi connectivity index (χ4v) is 2.64. The third-order valence-corrected chi connectivity index (χ3v) is 3.68. The molecule has 0 aliphatic rings. The molecule has 1 unspecified atom stereocenters. The molecule has 1 amide bonds. The Balaban J connectivity index is 2.80. The Morgan fingerprint density at radius 3 is 2.50 bits per heavy atom. The lowest BCUT2D eigenvalue weighted by molar-refractivity contribution is -0.127. The van der Waals surface area contributed by atoms with E-state index in [2.05, 4.69) is 32.0 Å². The van der Waals surface area contributed by atoms with Gasteiger partial charge in [-0.1, -0.05) is 17.7 Å². The maximum Gasteiger partial charge on any atom is 0.235 e. The molecular weight excluding hydrogens is 218 g/mol. The minimum absolute atomic E-state index is 0.0319. The van der Waals surface area contributed by atoms with Crippen LogP contribution in [0.1, 0.15) is 18.1 Å². The number of benzene rings is 1. The number of nitrogens with zero attached hydrogens (tertiary/aromatic N) is 1. The van der Waals surface area contributed by atoms with Gasteiger partial charge >= 0.3 is 0 Å². The van der Waals surface area contributed by atoms with Crippen molar-refractivity contribution in [1.82, 2.24) is 4.90 Å². The van der Waals surface area contributed by atoms with Gasteiger partial charge < -0.3 is 4.90 Å². The highest BCUT2D eigenvalue weighted by Gasteiger charge is 2.16. The SMILES string of the molecule is Cc1ccc(C)c(SC(C)C(=O)N(C)C)c1. The van der Waals surface area contributed by atoms with Crippen LogP contribution in [0, 0.1) is 13.8 Å². The van der Waals surface area contributed by atoms with Crippen LogP contribution in [0.2, 0.25) is 0 Å². The number of thioether (sulfide) groups is 1. The molecule has 1 aromatic carbocycles. The van der Waals surface area contributed by atoms with Gasteiger partial charge in [-0.2, -0.15) is 0 Å². The second-order valence-corrected chi connectivity index (χ2v) is 5.64. The number of rotatable bonds is 3. The monoisotopic (exact) mass is 237 g/mol. The average Bonchev–Trinajstić information content (AvgIpc) is 2.22. The summed E-state index contributed by atoms with van der Waals surface area (Å²) in [5, 5.41) is -0.0319. The van der Waals surface area contributed by atoms with Crippen molar-refractivity contribution in [2.75, 3.05) is 14.1 Å². The van der Waals surface area contributed by atoms with Crippen molar-refractivity contribution >= 4 is 17.7 Å². The van der Waals surface area contributed by atoms with Crippen LogP contribution in [0.4, 0.5) is 0 Å². The summed E-state index contributed by atoms with van der Waals surface area (Å²) in [6.45, 7) is 6.10. The fraction of sp³-hybridized carbons (Fsp3) is 0.462. The first kappa shape index (κ1) is 13.1. The van der Waals surface area contributed by atoms with Crippen molar-refractivity contribution in [3.8, 4) is 0 Å². The number of amides is 1. The number of hydrogen-bond donors (Lipinski definition) is 0. The molecule has 0 fully saturated rings. The van der Waals surface area contributed by atoms with Crippen LogP contribution in [0.15, 0.2) is 23.1 Å². The number of carbonyl (C=O) groups excluding carboxylic acids is 1. The van der Waals surface area contributed by atoms with E-state index in [9.17, 15) is 4.79 Å². The molecule has 3 heteroatoms. The summed E-state index contributed by atoms with van der Waals surface area (Å²) in [6.07, 6.45) is 0. The number of aryl methyl sites for hydroxylation is 2. The molecule has 1 aromatic rings. The minimum atomic E-state index is -0.0319. The van der Waals surface area contributed by atoms with Gasteiger partial charge in [-0.05, 0) is 32.4 Å². The van der Waals surface area contributed by atoms with E-state index in [1.54, 1.807) is 30.8 Å². The highest BCUT2D eigenvalue weighted by atomic mass is 32.2. The van der Waals surface area contributed by atoms with Gasteiger partial charge in [-0.25, -0.2) is 0 Å². The van der Waals surface area contributed by atoms with Crippen LogP contribution >= 0.6 is 11.8 Å². The molecule has 88 valence electrons. The summed E-state index contributed by atoms with van der Waals surface area (Å²) in [4.78, 5) is 14.6. The summed E-state index contributed by atoms with van der Waals surface area (Å²) in [7, 11) is 3.59. The van der Waals surface area contributed by atoms with Crippen LogP contribution in [0.25, 0.3) is 0 Å². The zero-order valence-corrected chi connectivity index (χ0v) is 11.4. The van der Waals surface area contributed by atoms with E-state index >= 15 is 0 Å². The van der Waals surface area contributed by atoms with E-state index in [4.69, 9.17) is 0 Å². The second-order valence-electron chi connectivity index (χ2n) is 4.26. The summed E-state index contributed by atoms with van der Waals surface area (Å²) in [5.74, 6) is 0.158. The first-order valence-corrected chi connectivity index (χ1v) is 6.25. The molecule has 0 bridgehead atoms. The van der Waals surface area contributed by atoms with Crippen molar-refractivity contribution in [3.63, 3.8) is 0 Å². The molecule has 0 N–H and O–H groups in total. The minimum Gasteiger partial charge on any atom is -0.348 e. The van der Waals surface area contributed by atoms with Crippen LogP contribution in [-0.2, 0) is 4.79 Å². The molecule has 0 spiro atoms. The zero-order valence-electron chi connectivity index (χ0n) is 10.6. The zero-order chi connectivity index (χ0) is 12.3. The molecule has 0 heterocycles. The summed E-state index contributed by atoms with van der Waals surface area (Å²) in [6, 6.07) is 6.34. The Morgan fingerprint density at radius 2 is 1.94 bits per heavy atom. The van der Waals surface area contributed by atoms with Crippen LogP contribution in [0.3, 0.4) is 0 Å². The van der Waals surface area contributed by atoms with E-state index in [1.165, 1.54) is 16.0 Å². The molecule has 0 aliphatic heterocycles. The third kappa shape index (κ3) is 3.27. The normalized spacial score (nSPS) is 12.3. The lowest BCUT2D eigenvalue weighted by Crippen LogP contribution is -2.29. The first-order valence-electron chi connectivity index (χ1n) is 5.37. The molecule has 0 saturated heterocycles. The van der Waals surface area contributed by atoms with Crippen LogP contribution in [-0.4, -0.2) is 30.2 Å². The molecule has 0 aliphatic carbocycles. The highest BCUT2D eigenvalue weighted by molar-refractivity contribution is 8.00. The third-order valence-electron chi connectivity index (χ3n) is 2.44. The molecule has 2 nitrogen and oxygen atoms in total. The average molecular weight is 237 g/mol. The lowest BCUT2D eigenvalue weighted by atomic mass is 10.2. The van der Waals surface area contributed by atoms with E-state index in [0.717, 1.165) is 0 Å². The molecule has 0 radical (unpaired) electrons. The predicted octanol–water partition coefficient (Wildman–Crippen LogP) is 2.87. The van der Waals surface area contributed by atoms with Gasteiger partial charge in [0, 0.05) is 19.0 Å². The molecule has 0 aromatic heterocycles. The van der Waals surface area contributed by atoms with Gasteiger partial charge in [-0.3, -0.25) is 4.79 Å². The Bertz CT molecular complexity index is 388. The van der Waals surface area contributed by atoms with E-state index < -0.39 is 0 Å².